The topological polar surface area (TPSA) is 72.2 Å². The van der Waals surface area contributed by atoms with Crippen molar-refractivity contribution in [3.05, 3.63) is 76.9 Å². The van der Waals surface area contributed by atoms with Crippen LogP contribution in [0.4, 0.5) is 5.69 Å². The van der Waals surface area contributed by atoms with Crippen LogP contribution in [0.25, 0.3) is 0 Å². The largest absolute Gasteiger partial charge is 0.322 e. The van der Waals surface area contributed by atoms with Gasteiger partial charge in [-0.15, -0.1) is 10.2 Å². The molecule has 0 aliphatic rings. The Labute approximate surface area is 146 Å². The lowest BCUT2D eigenvalue weighted by Gasteiger charge is -2.06. The molecule has 0 spiro atoms. The van der Waals surface area contributed by atoms with Crippen molar-refractivity contribution < 1.29 is 4.79 Å². The summed E-state index contributed by atoms with van der Waals surface area (Å²) < 4.78 is 1.66. The van der Waals surface area contributed by atoms with Crippen LogP contribution in [0.5, 0.6) is 0 Å². The van der Waals surface area contributed by atoms with Crippen LogP contribution in [0.15, 0.2) is 53.6 Å². The second kappa shape index (κ2) is 7.09. The van der Waals surface area contributed by atoms with Crippen molar-refractivity contribution in [2.75, 3.05) is 5.32 Å². The quantitative estimate of drug-likeness (QED) is 0.744. The number of benzene rings is 2. The van der Waals surface area contributed by atoms with E-state index in [2.05, 4.69) is 20.6 Å². The number of nitrogens with one attached hydrogen (secondary N) is 1. The fourth-order valence-corrected chi connectivity index (χ4v) is 2.36. The van der Waals surface area contributed by atoms with Gasteiger partial charge in [-0.1, -0.05) is 29.8 Å². The van der Waals surface area contributed by atoms with E-state index in [1.807, 2.05) is 69.3 Å². The van der Waals surface area contributed by atoms with E-state index in [-0.39, 0.29) is 5.91 Å². The molecule has 0 radical (unpaired) electrons. The van der Waals surface area contributed by atoms with E-state index in [0.717, 1.165) is 22.8 Å². The second-order valence-corrected chi connectivity index (χ2v) is 5.80. The van der Waals surface area contributed by atoms with Gasteiger partial charge in [0.15, 0.2) is 11.6 Å². The highest BCUT2D eigenvalue weighted by Crippen LogP contribution is 2.12. The third-order valence-corrected chi connectivity index (χ3v) is 3.73. The monoisotopic (exact) mass is 333 g/mol. The predicted octanol–water partition coefficient (Wildman–Crippen LogP) is 3.34. The second-order valence-electron chi connectivity index (χ2n) is 5.80. The summed E-state index contributed by atoms with van der Waals surface area (Å²) in [4.78, 5) is 12.3. The molecule has 3 rings (SSSR count). The van der Waals surface area contributed by atoms with E-state index in [4.69, 9.17) is 0 Å². The fraction of sp³-hybridized carbons (Fsp3) is 0.158. The van der Waals surface area contributed by atoms with Crippen LogP contribution >= 0.6 is 0 Å². The number of hydrogen-bond donors (Lipinski definition) is 1. The number of anilines is 1. The third kappa shape index (κ3) is 3.98. The van der Waals surface area contributed by atoms with Crippen molar-refractivity contribution >= 4 is 17.8 Å². The molecule has 0 fully saturated rings. The van der Waals surface area contributed by atoms with Crippen LogP contribution in [0, 0.1) is 20.8 Å². The van der Waals surface area contributed by atoms with Crippen molar-refractivity contribution in [3.8, 4) is 0 Å². The minimum Gasteiger partial charge on any atom is -0.322 e. The molecule has 1 amide bonds. The standard InChI is InChI=1S/C19H19N5O/c1-13-7-9-17(10-8-13)19(25)21-18-6-4-5-16(11-18)12-20-24-14(2)22-23-15(24)3/h4-12H,1-3H3,(H,21,25)/b20-12-. The molecule has 1 N–H and O–H groups in total. The number of amides is 1. The van der Waals surface area contributed by atoms with E-state index in [0.29, 0.717) is 11.3 Å². The van der Waals surface area contributed by atoms with Crippen LogP contribution in [0.3, 0.4) is 0 Å². The van der Waals surface area contributed by atoms with Gasteiger partial charge in [0.1, 0.15) is 0 Å². The first-order valence-electron chi connectivity index (χ1n) is 7.94. The summed E-state index contributed by atoms with van der Waals surface area (Å²) in [6.07, 6.45) is 1.71. The lowest BCUT2D eigenvalue weighted by Crippen LogP contribution is -2.11. The molecule has 0 saturated carbocycles. The Kier molecular flexibility index (Phi) is 4.70. The molecule has 1 aromatic heterocycles. The molecule has 0 aliphatic carbocycles. The zero-order valence-corrected chi connectivity index (χ0v) is 14.4. The SMILES string of the molecule is Cc1ccc(C(=O)Nc2cccc(/C=N\n3c(C)nnc3C)c2)cc1. The Hall–Kier alpha value is -3.28. The maximum Gasteiger partial charge on any atom is 0.255 e. The summed E-state index contributed by atoms with van der Waals surface area (Å²) in [6.45, 7) is 5.68. The maximum atomic E-state index is 12.3. The summed E-state index contributed by atoms with van der Waals surface area (Å²) in [5.74, 6) is 1.30. The van der Waals surface area contributed by atoms with Crippen LogP contribution in [0.1, 0.15) is 33.1 Å². The minimum atomic E-state index is -0.139. The van der Waals surface area contributed by atoms with E-state index >= 15 is 0 Å². The van der Waals surface area contributed by atoms with Crippen LogP contribution < -0.4 is 5.32 Å². The van der Waals surface area contributed by atoms with Gasteiger partial charge in [0.05, 0.1) is 6.21 Å². The van der Waals surface area contributed by atoms with Crippen molar-refractivity contribution in [2.24, 2.45) is 5.10 Å². The van der Waals surface area contributed by atoms with Gasteiger partial charge in [-0.2, -0.15) is 5.10 Å². The van der Waals surface area contributed by atoms with Crippen molar-refractivity contribution in [2.45, 2.75) is 20.8 Å². The summed E-state index contributed by atoms with van der Waals surface area (Å²) in [5, 5.41) is 15.2. The zero-order chi connectivity index (χ0) is 17.8. The Morgan fingerprint density at radius 1 is 1.04 bits per heavy atom. The average Bonchev–Trinajstić information content (AvgIpc) is 2.92. The zero-order valence-electron chi connectivity index (χ0n) is 14.4. The number of nitrogens with zero attached hydrogens (tertiary/aromatic N) is 4. The Morgan fingerprint density at radius 3 is 2.40 bits per heavy atom. The lowest BCUT2D eigenvalue weighted by atomic mass is 10.1. The number of aromatic nitrogens is 3. The van der Waals surface area contributed by atoms with E-state index in [1.54, 1.807) is 10.9 Å². The smallest absolute Gasteiger partial charge is 0.255 e. The number of rotatable bonds is 4. The Bertz CT molecular complexity index is 906. The molecule has 3 aromatic rings. The van der Waals surface area contributed by atoms with Crippen LogP contribution in [-0.2, 0) is 0 Å². The molecule has 6 heteroatoms. The van der Waals surface area contributed by atoms with Crippen molar-refractivity contribution in [3.63, 3.8) is 0 Å². The van der Waals surface area contributed by atoms with Crippen molar-refractivity contribution in [1.29, 1.82) is 0 Å². The van der Waals surface area contributed by atoms with Gasteiger partial charge in [-0.25, -0.2) is 4.68 Å². The summed E-state index contributed by atoms with van der Waals surface area (Å²) in [5.41, 5.74) is 3.33. The highest BCUT2D eigenvalue weighted by Gasteiger charge is 2.06. The first-order valence-corrected chi connectivity index (χ1v) is 7.94. The normalized spacial score (nSPS) is 11.0. The van der Waals surface area contributed by atoms with E-state index in [1.165, 1.54) is 0 Å². The first kappa shape index (κ1) is 16.6. The minimum absolute atomic E-state index is 0.139. The average molecular weight is 333 g/mol. The highest BCUT2D eigenvalue weighted by atomic mass is 16.1. The molecule has 0 aliphatic heterocycles. The highest BCUT2D eigenvalue weighted by molar-refractivity contribution is 6.04. The number of carbonyl (C=O) groups excluding carboxylic acids is 1. The number of carbonyl (C=O) groups is 1. The fourth-order valence-electron chi connectivity index (χ4n) is 2.36. The molecule has 1 heterocycles. The first-order chi connectivity index (χ1) is 12.0. The van der Waals surface area contributed by atoms with E-state index in [9.17, 15) is 4.79 Å². The molecular weight excluding hydrogens is 314 g/mol. The Morgan fingerprint density at radius 2 is 1.72 bits per heavy atom. The lowest BCUT2D eigenvalue weighted by molar-refractivity contribution is 0.102. The summed E-state index contributed by atoms with van der Waals surface area (Å²) in [7, 11) is 0. The van der Waals surface area contributed by atoms with Gasteiger partial charge >= 0.3 is 0 Å². The van der Waals surface area contributed by atoms with Gasteiger partial charge < -0.3 is 5.32 Å². The molecular formula is C19H19N5O. The molecule has 0 atom stereocenters. The summed E-state index contributed by atoms with van der Waals surface area (Å²) in [6, 6.07) is 15.0. The predicted molar refractivity (Wildman–Crippen MR) is 98.1 cm³/mol. The number of hydrogen-bond acceptors (Lipinski definition) is 4. The van der Waals surface area contributed by atoms with Crippen LogP contribution in [0.2, 0.25) is 0 Å². The van der Waals surface area contributed by atoms with Crippen LogP contribution in [-0.4, -0.2) is 27.0 Å². The van der Waals surface area contributed by atoms with Gasteiger partial charge in [0.2, 0.25) is 0 Å². The van der Waals surface area contributed by atoms with Gasteiger partial charge in [0, 0.05) is 11.3 Å². The molecule has 0 bridgehead atoms. The van der Waals surface area contributed by atoms with Gasteiger partial charge in [-0.05, 0) is 50.6 Å². The molecule has 6 nitrogen and oxygen atoms in total. The molecule has 126 valence electrons. The number of aryl methyl sites for hydroxylation is 3. The molecule has 0 unspecified atom stereocenters. The molecule has 2 aromatic carbocycles. The third-order valence-electron chi connectivity index (χ3n) is 3.73. The Balaban J connectivity index is 1.75. The summed E-state index contributed by atoms with van der Waals surface area (Å²) >= 11 is 0. The van der Waals surface area contributed by atoms with E-state index < -0.39 is 0 Å². The van der Waals surface area contributed by atoms with Gasteiger partial charge in [0.25, 0.3) is 5.91 Å². The molecule has 25 heavy (non-hydrogen) atoms. The van der Waals surface area contributed by atoms with Crippen molar-refractivity contribution in [1.82, 2.24) is 14.9 Å². The molecule has 0 saturated heterocycles. The van der Waals surface area contributed by atoms with Gasteiger partial charge in [-0.3, -0.25) is 4.79 Å². The maximum absolute atomic E-state index is 12.3.